The largest absolute Gasteiger partial charge is 0.454 e. The summed E-state index contributed by atoms with van der Waals surface area (Å²) in [6.45, 7) is 7.58. The first-order valence-electron chi connectivity index (χ1n) is 11.0. The van der Waals surface area contributed by atoms with Crippen LogP contribution in [0, 0.1) is 13.8 Å². The van der Waals surface area contributed by atoms with E-state index >= 15 is 0 Å². The number of hydrogen-bond acceptors (Lipinski definition) is 7. The Hall–Kier alpha value is -3.43. The minimum absolute atomic E-state index is 0.211. The second-order valence-corrected chi connectivity index (χ2v) is 8.75. The zero-order valence-electron chi connectivity index (χ0n) is 19.5. The van der Waals surface area contributed by atoms with Crippen molar-refractivity contribution in [3.8, 4) is 22.9 Å². The molecule has 34 heavy (non-hydrogen) atoms. The van der Waals surface area contributed by atoms with Gasteiger partial charge in [0.25, 0.3) is 5.89 Å². The van der Waals surface area contributed by atoms with Gasteiger partial charge in [0.1, 0.15) is 0 Å². The van der Waals surface area contributed by atoms with Gasteiger partial charge in [0.05, 0.1) is 18.2 Å². The summed E-state index contributed by atoms with van der Waals surface area (Å²) in [5.74, 6) is 2.29. The number of aryl methyl sites for hydroxylation is 2. The Labute approximate surface area is 203 Å². The van der Waals surface area contributed by atoms with Crippen LogP contribution in [0.4, 0.5) is 0 Å². The summed E-state index contributed by atoms with van der Waals surface area (Å²) >= 11 is 5.72. The topological polar surface area (TPSA) is 81.9 Å². The van der Waals surface area contributed by atoms with Crippen LogP contribution in [-0.4, -0.2) is 47.2 Å². The van der Waals surface area contributed by atoms with E-state index in [-0.39, 0.29) is 12.8 Å². The van der Waals surface area contributed by atoms with Crippen molar-refractivity contribution in [1.82, 2.24) is 20.4 Å². The maximum Gasteiger partial charge on any atom is 0.258 e. The highest BCUT2D eigenvalue weighted by atomic mass is 32.1. The fourth-order valence-electron chi connectivity index (χ4n) is 4.19. The molecule has 1 unspecified atom stereocenters. The third-order valence-corrected chi connectivity index (χ3v) is 6.61. The summed E-state index contributed by atoms with van der Waals surface area (Å²) in [7, 11) is 1.67. The van der Waals surface area contributed by atoms with Crippen LogP contribution in [0.5, 0.6) is 11.5 Å². The SMILES string of the molecule is COCCN1C(=S)NC(c2ccc(C)c(C)c2)C(c2nc(-c3ccc4c(c3)OCO4)no2)=C1C. The Bertz CT molecular complexity index is 1290. The fraction of sp³-hybridized carbons (Fsp3) is 0.320. The molecule has 1 atom stereocenters. The van der Waals surface area contributed by atoms with E-state index in [1.54, 1.807) is 7.11 Å². The van der Waals surface area contributed by atoms with Crippen LogP contribution in [0.1, 0.15) is 35.5 Å². The van der Waals surface area contributed by atoms with E-state index in [0.29, 0.717) is 41.5 Å². The Morgan fingerprint density at radius 1 is 1.09 bits per heavy atom. The first-order chi connectivity index (χ1) is 16.5. The molecule has 9 heteroatoms. The zero-order valence-corrected chi connectivity index (χ0v) is 20.4. The number of benzene rings is 2. The van der Waals surface area contributed by atoms with Gasteiger partial charge in [0.2, 0.25) is 12.6 Å². The third kappa shape index (κ3) is 4.01. The molecule has 2 aliphatic rings. The molecule has 0 saturated heterocycles. The Morgan fingerprint density at radius 2 is 1.91 bits per heavy atom. The van der Waals surface area contributed by atoms with E-state index in [9.17, 15) is 0 Å². The van der Waals surface area contributed by atoms with Gasteiger partial charge < -0.3 is 29.0 Å². The van der Waals surface area contributed by atoms with Crippen molar-refractivity contribution in [2.45, 2.75) is 26.8 Å². The summed E-state index contributed by atoms with van der Waals surface area (Å²) in [6.07, 6.45) is 0. The zero-order chi connectivity index (χ0) is 23.8. The maximum absolute atomic E-state index is 5.81. The van der Waals surface area contributed by atoms with Crippen LogP contribution in [0.3, 0.4) is 0 Å². The van der Waals surface area contributed by atoms with E-state index in [2.05, 4.69) is 42.5 Å². The number of ether oxygens (including phenoxy) is 3. The summed E-state index contributed by atoms with van der Waals surface area (Å²) in [6, 6.07) is 11.8. The standard InChI is InChI=1S/C25H26N4O4S/c1-14-5-6-17(11-15(14)2)22-21(16(3)29(9-10-30-4)25(34)26-22)24-27-23(28-33-24)18-7-8-19-20(12-18)32-13-31-19/h5-8,11-12,22H,9-10,13H2,1-4H3,(H,26,34). The average Bonchev–Trinajstić information content (AvgIpc) is 3.49. The highest BCUT2D eigenvalue weighted by Gasteiger charge is 2.34. The van der Waals surface area contributed by atoms with E-state index in [0.717, 1.165) is 22.4 Å². The summed E-state index contributed by atoms with van der Waals surface area (Å²) in [4.78, 5) is 6.77. The van der Waals surface area contributed by atoms with Gasteiger partial charge in [-0.2, -0.15) is 4.98 Å². The maximum atomic E-state index is 5.81. The molecular weight excluding hydrogens is 452 g/mol. The number of hydrogen-bond donors (Lipinski definition) is 1. The van der Waals surface area contributed by atoms with E-state index < -0.39 is 0 Å². The number of methoxy groups -OCH3 is 1. The summed E-state index contributed by atoms with van der Waals surface area (Å²) in [5, 5.41) is 8.38. The number of nitrogens with one attached hydrogen (secondary N) is 1. The molecule has 0 bridgehead atoms. The quantitative estimate of drug-likeness (QED) is 0.519. The smallest absolute Gasteiger partial charge is 0.258 e. The average molecular weight is 479 g/mol. The molecule has 2 aliphatic heterocycles. The van der Waals surface area contributed by atoms with Gasteiger partial charge in [-0.3, -0.25) is 0 Å². The molecule has 2 aromatic carbocycles. The van der Waals surface area contributed by atoms with Crippen LogP contribution >= 0.6 is 12.2 Å². The second-order valence-electron chi connectivity index (χ2n) is 8.36. The summed E-state index contributed by atoms with van der Waals surface area (Å²) in [5.41, 5.74) is 6.13. The predicted octanol–water partition coefficient (Wildman–Crippen LogP) is 4.39. The lowest BCUT2D eigenvalue weighted by Gasteiger charge is -2.37. The number of fused-ring (bicyclic) bond motifs is 1. The lowest BCUT2D eigenvalue weighted by atomic mass is 9.92. The Balaban J connectivity index is 1.58. The highest BCUT2D eigenvalue weighted by Crippen LogP contribution is 2.39. The van der Waals surface area contributed by atoms with Gasteiger partial charge in [-0.1, -0.05) is 23.4 Å². The Kier molecular flexibility index (Phi) is 5.97. The van der Waals surface area contributed by atoms with Crippen molar-refractivity contribution in [3.63, 3.8) is 0 Å². The predicted molar refractivity (Wildman–Crippen MR) is 131 cm³/mol. The Morgan fingerprint density at radius 3 is 2.71 bits per heavy atom. The normalized spacial score (nSPS) is 17.4. The van der Waals surface area contributed by atoms with Crippen LogP contribution in [0.25, 0.3) is 17.0 Å². The molecule has 1 N–H and O–H groups in total. The van der Waals surface area contributed by atoms with Crippen LogP contribution in [0.2, 0.25) is 0 Å². The molecule has 0 fully saturated rings. The van der Waals surface area contributed by atoms with Crippen LogP contribution in [0.15, 0.2) is 46.6 Å². The van der Waals surface area contributed by atoms with Gasteiger partial charge in [0.15, 0.2) is 16.6 Å². The monoisotopic (exact) mass is 478 g/mol. The van der Waals surface area contributed by atoms with Gasteiger partial charge >= 0.3 is 0 Å². The molecule has 3 heterocycles. The van der Waals surface area contributed by atoms with E-state index in [1.165, 1.54) is 11.1 Å². The minimum atomic E-state index is -0.226. The number of allylic oxidation sites excluding steroid dienone is 1. The van der Waals surface area contributed by atoms with Gasteiger partial charge in [-0.05, 0) is 67.9 Å². The van der Waals surface area contributed by atoms with Gasteiger partial charge in [0, 0.05) is 24.9 Å². The van der Waals surface area contributed by atoms with E-state index in [1.807, 2.05) is 30.0 Å². The van der Waals surface area contributed by atoms with Crippen molar-refractivity contribution in [2.75, 3.05) is 27.1 Å². The molecule has 3 aromatic rings. The van der Waals surface area contributed by atoms with Crippen molar-refractivity contribution >= 4 is 22.9 Å². The molecule has 0 aliphatic carbocycles. The van der Waals surface area contributed by atoms with Crippen molar-refractivity contribution < 1.29 is 18.7 Å². The molecule has 5 rings (SSSR count). The second kappa shape index (κ2) is 9.08. The first-order valence-corrected chi connectivity index (χ1v) is 11.5. The number of aromatic nitrogens is 2. The molecule has 8 nitrogen and oxygen atoms in total. The molecule has 1 aromatic heterocycles. The fourth-order valence-corrected chi connectivity index (χ4v) is 4.54. The molecule has 0 radical (unpaired) electrons. The van der Waals surface area contributed by atoms with Gasteiger partial charge in [-0.25, -0.2) is 0 Å². The molecule has 0 spiro atoms. The van der Waals surface area contributed by atoms with E-state index in [4.69, 9.17) is 35.9 Å². The number of rotatable bonds is 6. The summed E-state index contributed by atoms with van der Waals surface area (Å²) < 4.78 is 22.0. The number of nitrogens with zero attached hydrogens (tertiary/aromatic N) is 3. The molecular formula is C25H26N4O4S. The van der Waals surface area contributed by atoms with Crippen molar-refractivity contribution in [2.24, 2.45) is 0 Å². The van der Waals surface area contributed by atoms with Gasteiger partial charge in [-0.15, -0.1) is 0 Å². The van der Waals surface area contributed by atoms with Crippen LogP contribution < -0.4 is 14.8 Å². The van der Waals surface area contributed by atoms with Crippen molar-refractivity contribution in [3.05, 3.63) is 64.7 Å². The third-order valence-electron chi connectivity index (χ3n) is 6.27. The lowest BCUT2D eigenvalue weighted by molar-refractivity contribution is 0.174. The first kappa shape index (κ1) is 22.4. The molecule has 0 amide bonds. The highest BCUT2D eigenvalue weighted by molar-refractivity contribution is 7.80. The van der Waals surface area contributed by atoms with Crippen molar-refractivity contribution in [1.29, 1.82) is 0 Å². The lowest BCUT2D eigenvalue weighted by Crippen LogP contribution is -2.47. The van der Waals surface area contributed by atoms with Crippen LogP contribution in [-0.2, 0) is 4.74 Å². The minimum Gasteiger partial charge on any atom is -0.454 e. The molecule has 176 valence electrons. The number of thiocarbonyl (C=S) groups is 1. The molecule has 0 saturated carbocycles.